The van der Waals surface area contributed by atoms with Crippen LogP contribution in [0, 0.1) is 17.3 Å². The van der Waals surface area contributed by atoms with E-state index in [0.29, 0.717) is 19.3 Å². The number of carbonyl (C=O) groups is 2. The lowest BCUT2D eigenvalue weighted by Crippen LogP contribution is -2.28. The number of carboxylic acids is 1. The van der Waals surface area contributed by atoms with Gasteiger partial charge in [-0.1, -0.05) is 57.9 Å². The fourth-order valence-corrected chi connectivity index (χ4v) is 3.53. The Morgan fingerprint density at radius 2 is 2.00 bits per heavy atom. The van der Waals surface area contributed by atoms with Crippen molar-refractivity contribution in [3.8, 4) is 0 Å². The molecule has 0 radical (unpaired) electrons. The van der Waals surface area contributed by atoms with Gasteiger partial charge in [0.05, 0.1) is 12.2 Å². The maximum atomic E-state index is 12.3. The first-order chi connectivity index (χ1) is 12.7. The highest BCUT2D eigenvalue weighted by molar-refractivity contribution is 5.86. The van der Waals surface area contributed by atoms with Gasteiger partial charge in [0.25, 0.3) is 0 Å². The van der Waals surface area contributed by atoms with Gasteiger partial charge in [-0.25, -0.2) is 0 Å². The van der Waals surface area contributed by atoms with Crippen molar-refractivity contribution in [2.24, 2.45) is 17.3 Å². The van der Waals surface area contributed by atoms with Crippen LogP contribution in [0.15, 0.2) is 24.3 Å². The van der Waals surface area contributed by atoms with E-state index in [1.54, 1.807) is 12.2 Å². The van der Waals surface area contributed by atoms with Crippen molar-refractivity contribution < 1.29 is 24.9 Å². The maximum absolute atomic E-state index is 12.3. The molecule has 1 aliphatic carbocycles. The number of carbonyl (C=O) groups excluding carboxylic acids is 1. The van der Waals surface area contributed by atoms with Crippen molar-refractivity contribution in [1.82, 2.24) is 0 Å². The Labute approximate surface area is 163 Å². The maximum Gasteiger partial charge on any atom is 0.303 e. The Morgan fingerprint density at radius 3 is 2.63 bits per heavy atom. The molecule has 0 unspecified atom stereocenters. The Hall–Kier alpha value is -1.46. The Bertz CT molecular complexity index is 535. The van der Waals surface area contributed by atoms with Gasteiger partial charge in [-0.05, 0) is 31.1 Å². The zero-order chi connectivity index (χ0) is 20.4. The van der Waals surface area contributed by atoms with Gasteiger partial charge in [-0.3, -0.25) is 9.59 Å². The molecule has 1 aliphatic rings. The van der Waals surface area contributed by atoms with E-state index in [1.165, 1.54) is 0 Å². The minimum absolute atomic E-state index is 0.0154. The zero-order valence-electron chi connectivity index (χ0n) is 16.9. The zero-order valence-corrected chi connectivity index (χ0v) is 16.9. The van der Waals surface area contributed by atoms with Crippen molar-refractivity contribution in [3.05, 3.63) is 24.3 Å². The summed E-state index contributed by atoms with van der Waals surface area (Å²) in [4.78, 5) is 22.8. The van der Waals surface area contributed by atoms with Crippen LogP contribution in [0.2, 0.25) is 0 Å². The molecule has 0 aromatic heterocycles. The first-order valence-corrected chi connectivity index (χ1v) is 10.1. The molecule has 3 N–H and O–H groups in total. The molecule has 0 heterocycles. The molecule has 0 spiro atoms. The number of hydrogen-bond donors (Lipinski definition) is 3. The summed E-state index contributed by atoms with van der Waals surface area (Å²) in [6.07, 6.45) is 11.2. The average molecular weight is 381 g/mol. The van der Waals surface area contributed by atoms with Crippen LogP contribution in [0.5, 0.6) is 0 Å². The second-order valence-corrected chi connectivity index (χ2v) is 8.34. The van der Waals surface area contributed by atoms with E-state index >= 15 is 0 Å². The van der Waals surface area contributed by atoms with Crippen molar-refractivity contribution in [2.45, 2.75) is 84.3 Å². The third kappa shape index (κ3) is 7.97. The minimum atomic E-state index is -0.800. The standard InChI is InChI=1S/C22H36O5/c1-4-5-14-22(2,3)20(25)13-12-17-16(18(23)15-19(17)24)10-8-6-7-9-11-21(26)27/h6,8,12-13,16-18,20,23,25H,4-5,7,9-11,14-15H2,1-3H3,(H,26,27)/b8-6+,13-12+/t16-,17-,18+,20+/m1/s1. The molecule has 5 nitrogen and oxygen atoms in total. The smallest absolute Gasteiger partial charge is 0.303 e. The van der Waals surface area contributed by atoms with Crippen LogP contribution in [0.1, 0.15) is 72.1 Å². The molecular formula is C22H36O5. The second kappa shape index (κ2) is 11.4. The number of ketones is 1. The third-order valence-electron chi connectivity index (χ3n) is 5.55. The first-order valence-electron chi connectivity index (χ1n) is 10.1. The fourth-order valence-electron chi connectivity index (χ4n) is 3.53. The van der Waals surface area contributed by atoms with Gasteiger partial charge in [-0.2, -0.15) is 0 Å². The summed E-state index contributed by atoms with van der Waals surface area (Å²) in [5, 5.41) is 29.3. The van der Waals surface area contributed by atoms with E-state index in [9.17, 15) is 19.8 Å². The summed E-state index contributed by atoms with van der Waals surface area (Å²) in [5.41, 5.74) is -0.244. The van der Waals surface area contributed by atoms with Crippen LogP contribution < -0.4 is 0 Å². The number of rotatable bonds is 12. The van der Waals surface area contributed by atoms with E-state index in [0.717, 1.165) is 19.3 Å². The normalized spacial score (nSPS) is 24.9. The Kier molecular flexibility index (Phi) is 9.95. The highest BCUT2D eigenvalue weighted by Gasteiger charge is 2.39. The van der Waals surface area contributed by atoms with Gasteiger partial charge < -0.3 is 15.3 Å². The van der Waals surface area contributed by atoms with E-state index in [1.807, 2.05) is 26.0 Å². The third-order valence-corrected chi connectivity index (χ3v) is 5.55. The van der Waals surface area contributed by atoms with E-state index in [-0.39, 0.29) is 35.9 Å². The van der Waals surface area contributed by atoms with Crippen molar-refractivity contribution in [2.75, 3.05) is 0 Å². The lowest BCUT2D eigenvalue weighted by atomic mass is 9.80. The summed E-state index contributed by atoms with van der Waals surface area (Å²) < 4.78 is 0. The number of carboxylic acid groups (broad SMARTS) is 1. The van der Waals surface area contributed by atoms with Crippen LogP contribution in [0.4, 0.5) is 0 Å². The summed E-state index contributed by atoms with van der Waals surface area (Å²) in [7, 11) is 0. The summed E-state index contributed by atoms with van der Waals surface area (Å²) in [5.74, 6) is -1.34. The van der Waals surface area contributed by atoms with Gasteiger partial charge >= 0.3 is 5.97 Å². The fraction of sp³-hybridized carbons (Fsp3) is 0.727. The molecule has 0 aromatic rings. The number of aliphatic carboxylic acids is 1. The lowest BCUT2D eigenvalue weighted by molar-refractivity contribution is -0.137. The highest BCUT2D eigenvalue weighted by Crippen LogP contribution is 2.35. The van der Waals surface area contributed by atoms with Crippen LogP contribution >= 0.6 is 0 Å². The number of allylic oxidation sites excluding steroid dienone is 3. The second-order valence-electron chi connectivity index (χ2n) is 8.34. The molecule has 0 aromatic carbocycles. The van der Waals surface area contributed by atoms with Gasteiger partial charge in [0.2, 0.25) is 0 Å². The van der Waals surface area contributed by atoms with Gasteiger partial charge in [0, 0.05) is 24.7 Å². The van der Waals surface area contributed by atoms with Gasteiger partial charge in [0.15, 0.2) is 0 Å². The molecule has 0 amide bonds. The van der Waals surface area contributed by atoms with Crippen LogP contribution in [-0.4, -0.2) is 39.3 Å². The molecular weight excluding hydrogens is 344 g/mol. The summed E-state index contributed by atoms with van der Waals surface area (Å²) in [6.45, 7) is 6.18. The van der Waals surface area contributed by atoms with Crippen LogP contribution in [0.25, 0.3) is 0 Å². The van der Waals surface area contributed by atoms with Crippen molar-refractivity contribution >= 4 is 11.8 Å². The Morgan fingerprint density at radius 1 is 1.30 bits per heavy atom. The average Bonchev–Trinajstić information content (AvgIpc) is 2.86. The predicted molar refractivity (Wildman–Crippen MR) is 106 cm³/mol. The van der Waals surface area contributed by atoms with E-state index in [4.69, 9.17) is 5.11 Å². The molecule has 4 atom stereocenters. The monoisotopic (exact) mass is 380 g/mol. The molecule has 1 fully saturated rings. The SMILES string of the molecule is CCCCC(C)(C)[C@@H](O)/C=C/[C@H]1C(=O)C[C@H](O)[C@@H]1C/C=C/CCCC(=O)O. The lowest BCUT2D eigenvalue weighted by Gasteiger charge is -2.29. The molecule has 154 valence electrons. The van der Waals surface area contributed by atoms with E-state index in [2.05, 4.69) is 6.92 Å². The largest absolute Gasteiger partial charge is 0.481 e. The van der Waals surface area contributed by atoms with Crippen LogP contribution in [0.3, 0.4) is 0 Å². The summed E-state index contributed by atoms with van der Waals surface area (Å²) >= 11 is 0. The van der Waals surface area contributed by atoms with Crippen molar-refractivity contribution in [3.63, 3.8) is 0 Å². The van der Waals surface area contributed by atoms with Gasteiger partial charge in [-0.15, -0.1) is 0 Å². The highest BCUT2D eigenvalue weighted by atomic mass is 16.4. The molecule has 27 heavy (non-hydrogen) atoms. The predicted octanol–water partition coefficient (Wildman–Crippen LogP) is 3.89. The molecule has 5 heteroatoms. The topological polar surface area (TPSA) is 94.8 Å². The molecule has 1 saturated carbocycles. The Balaban J connectivity index is 2.63. The van der Waals surface area contributed by atoms with Gasteiger partial charge in [0.1, 0.15) is 5.78 Å². The van der Waals surface area contributed by atoms with Crippen molar-refractivity contribution in [1.29, 1.82) is 0 Å². The summed E-state index contributed by atoms with van der Waals surface area (Å²) in [6, 6.07) is 0. The number of Topliss-reactive ketones (excluding diaryl/α,β-unsaturated/α-hetero) is 1. The van der Waals surface area contributed by atoms with Crippen LogP contribution in [-0.2, 0) is 9.59 Å². The minimum Gasteiger partial charge on any atom is -0.481 e. The first kappa shape index (κ1) is 23.6. The number of aliphatic hydroxyl groups excluding tert-OH is 2. The molecule has 0 aliphatic heterocycles. The van der Waals surface area contributed by atoms with E-state index < -0.39 is 18.2 Å². The molecule has 0 bridgehead atoms. The number of unbranched alkanes of at least 4 members (excludes halogenated alkanes) is 2. The quantitative estimate of drug-likeness (QED) is 0.353. The number of hydrogen-bond acceptors (Lipinski definition) is 4. The molecule has 1 rings (SSSR count). The number of aliphatic hydroxyl groups is 2. The molecule has 0 saturated heterocycles.